The zero-order chi connectivity index (χ0) is 18.2. The lowest BCUT2D eigenvalue weighted by Gasteiger charge is -2.19. The summed E-state index contributed by atoms with van der Waals surface area (Å²) in [5.74, 6) is 0.324. The summed E-state index contributed by atoms with van der Waals surface area (Å²) in [6.07, 6.45) is 9.49. The van der Waals surface area contributed by atoms with Crippen LogP contribution in [0.2, 0.25) is 0 Å². The van der Waals surface area contributed by atoms with Gasteiger partial charge in [-0.05, 0) is 38.0 Å². The van der Waals surface area contributed by atoms with E-state index in [-0.39, 0.29) is 18.0 Å². The smallest absolute Gasteiger partial charge is 0.306 e. The molecule has 0 spiro atoms. The molecule has 24 heavy (non-hydrogen) atoms. The minimum absolute atomic E-state index is 0.0131. The number of esters is 2. The predicted molar refractivity (Wildman–Crippen MR) is 97.8 cm³/mol. The highest BCUT2D eigenvalue weighted by molar-refractivity contribution is 5.72. The molecule has 0 aromatic rings. The SMILES string of the molecule is CCCCCOC(=O)CCCC(=O)OC(CC)CCC(CC)CC. The molecule has 0 saturated heterocycles. The Kier molecular flexibility index (Phi) is 14.8. The first kappa shape index (κ1) is 22.9. The van der Waals surface area contributed by atoms with Crippen LogP contribution in [0, 0.1) is 5.92 Å². The quantitative estimate of drug-likeness (QED) is 0.294. The summed E-state index contributed by atoms with van der Waals surface area (Å²) in [6, 6.07) is 0. The Bertz CT molecular complexity index is 324. The molecular weight excluding hydrogens is 304 g/mol. The zero-order valence-corrected chi connectivity index (χ0v) is 16.3. The summed E-state index contributed by atoms with van der Waals surface area (Å²) in [5.41, 5.74) is 0. The number of unbranched alkanes of at least 4 members (excludes halogenated alkanes) is 2. The highest BCUT2D eigenvalue weighted by Crippen LogP contribution is 2.19. The Morgan fingerprint density at radius 2 is 1.46 bits per heavy atom. The van der Waals surface area contributed by atoms with Crippen LogP contribution in [0.4, 0.5) is 0 Å². The van der Waals surface area contributed by atoms with Crippen molar-refractivity contribution in [1.82, 2.24) is 0 Å². The second kappa shape index (κ2) is 15.5. The van der Waals surface area contributed by atoms with Crippen LogP contribution in [0.3, 0.4) is 0 Å². The zero-order valence-electron chi connectivity index (χ0n) is 16.3. The lowest BCUT2D eigenvalue weighted by Crippen LogP contribution is -2.19. The fourth-order valence-electron chi connectivity index (χ4n) is 2.70. The van der Waals surface area contributed by atoms with Crippen molar-refractivity contribution < 1.29 is 19.1 Å². The van der Waals surface area contributed by atoms with Crippen molar-refractivity contribution in [2.45, 2.75) is 104 Å². The van der Waals surface area contributed by atoms with Gasteiger partial charge in [0, 0.05) is 12.8 Å². The van der Waals surface area contributed by atoms with E-state index in [0.717, 1.165) is 44.4 Å². The molecule has 142 valence electrons. The Hall–Kier alpha value is -1.06. The average Bonchev–Trinajstić information content (AvgIpc) is 2.58. The number of carbonyl (C=O) groups is 2. The van der Waals surface area contributed by atoms with Crippen LogP contribution in [-0.2, 0) is 19.1 Å². The molecule has 0 saturated carbocycles. The van der Waals surface area contributed by atoms with E-state index < -0.39 is 0 Å². The van der Waals surface area contributed by atoms with Gasteiger partial charge in [0.25, 0.3) is 0 Å². The predicted octanol–water partition coefficient (Wildman–Crippen LogP) is 5.43. The van der Waals surface area contributed by atoms with Crippen molar-refractivity contribution in [2.75, 3.05) is 6.61 Å². The number of ether oxygens (including phenoxy) is 2. The van der Waals surface area contributed by atoms with Crippen molar-refractivity contribution in [3.8, 4) is 0 Å². The van der Waals surface area contributed by atoms with Crippen molar-refractivity contribution in [2.24, 2.45) is 5.92 Å². The second-order valence-electron chi connectivity index (χ2n) is 6.56. The van der Waals surface area contributed by atoms with E-state index in [9.17, 15) is 9.59 Å². The van der Waals surface area contributed by atoms with Crippen LogP contribution in [0.5, 0.6) is 0 Å². The van der Waals surface area contributed by atoms with Gasteiger partial charge in [0.15, 0.2) is 0 Å². The second-order valence-corrected chi connectivity index (χ2v) is 6.56. The fraction of sp³-hybridized carbons (Fsp3) is 0.900. The van der Waals surface area contributed by atoms with Gasteiger partial charge in [-0.15, -0.1) is 0 Å². The van der Waals surface area contributed by atoms with E-state index in [4.69, 9.17) is 9.47 Å². The molecule has 0 fully saturated rings. The van der Waals surface area contributed by atoms with Crippen LogP contribution in [0.25, 0.3) is 0 Å². The standard InChI is InChI=1S/C20H38O4/c1-5-9-10-16-23-19(21)12-11-13-20(22)24-18(8-4)15-14-17(6-2)7-3/h17-18H,5-16H2,1-4H3. The maximum absolute atomic E-state index is 11.9. The summed E-state index contributed by atoms with van der Waals surface area (Å²) in [5, 5.41) is 0. The molecule has 0 aliphatic heterocycles. The van der Waals surface area contributed by atoms with Gasteiger partial charge in [-0.25, -0.2) is 0 Å². The van der Waals surface area contributed by atoms with Crippen molar-refractivity contribution in [1.29, 1.82) is 0 Å². The number of carbonyl (C=O) groups excluding carboxylic acids is 2. The third-order valence-electron chi connectivity index (χ3n) is 4.58. The first-order valence-corrected chi connectivity index (χ1v) is 9.92. The number of hydrogen-bond donors (Lipinski definition) is 0. The van der Waals surface area contributed by atoms with E-state index in [0.29, 0.717) is 25.9 Å². The maximum atomic E-state index is 11.9. The maximum Gasteiger partial charge on any atom is 0.306 e. The largest absolute Gasteiger partial charge is 0.466 e. The van der Waals surface area contributed by atoms with Gasteiger partial charge in [0.2, 0.25) is 0 Å². The van der Waals surface area contributed by atoms with Crippen molar-refractivity contribution >= 4 is 11.9 Å². The molecule has 0 radical (unpaired) electrons. The van der Waals surface area contributed by atoms with Crippen molar-refractivity contribution in [3.05, 3.63) is 0 Å². The van der Waals surface area contributed by atoms with E-state index >= 15 is 0 Å². The van der Waals surface area contributed by atoms with E-state index in [1.165, 1.54) is 12.8 Å². The van der Waals surface area contributed by atoms with E-state index in [1.54, 1.807) is 0 Å². The first-order chi connectivity index (χ1) is 11.6. The summed E-state index contributed by atoms with van der Waals surface area (Å²) in [4.78, 5) is 23.4. The summed E-state index contributed by atoms with van der Waals surface area (Å²) >= 11 is 0. The van der Waals surface area contributed by atoms with Crippen LogP contribution in [0.15, 0.2) is 0 Å². The van der Waals surface area contributed by atoms with Crippen molar-refractivity contribution in [3.63, 3.8) is 0 Å². The Morgan fingerprint density at radius 1 is 0.792 bits per heavy atom. The number of rotatable bonds is 15. The third-order valence-corrected chi connectivity index (χ3v) is 4.58. The molecule has 0 amide bonds. The van der Waals surface area contributed by atoms with E-state index in [2.05, 4.69) is 27.7 Å². The van der Waals surface area contributed by atoms with Gasteiger partial charge in [-0.1, -0.05) is 53.4 Å². The van der Waals surface area contributed by atoms with Crippen LogP contribution in [0.1, 0.15) is 98.3 Å². The molecule has 4 heteroatoms. The molecule has 4 nitrogen and oxygen atoms in total. The van der Waals surface area contributed by atoms with E-state index in [1.807, 2.05) is 0 Å². The molecule has 0 aromatic carbocycles. The molecule has 0 rings (SSSR count). The Morgan fingerprint density at radius 3 is 2.04 bits per heavy atom. The molecule has 1 atom stereocenters. The molecule has 0 bridgehead atoms. The van der Waals surface area contributed by atoms with Gasteiger partial charge in [-0.2, -0.15) is 0 Å². The fourth-order valence-corrected chi connectivity index (χ4v) is 2.70. The highest BCUT2D eigenvalue weighted by Gasteiger charge is 2.15. The molecule has 0 N–H and O–H groups in total. The van der Waals surface area contributed by atoms with Crippen LogP contribution in [-0.4, -0.2) is 24.6 Å². The summed E-state index contributed by atoms with van der Waals surface area (Å²) in [7, 11) is 0. The minimum Gasteiger partial charge on any atom is -0.466 e. The third kappa shape index (κ3) is 12.4. The topological polar surface area (TPSA) is 52.6 Å². The molecule has 0 aromatic heterocycles. The summed E-state index contributed by atoms with van der Waals surface area (Å²) in [6.45, 7) is 9.08. The number of hydrogen-bond acceptors (Lipinski definition) is 4. The lowest BCUT2D eigenvalue weighted by atomic mass is 9.95. The van der Waals surface area contributed by atoms with Crippen LogP contribution >= 0.6 is 0 Å². The highest BCUT2D eigenvalue weighted by atomic mass is 16.5. The molecule has 1 unspecified atom stereocenters. The van der Waals surface area contributed by atoms with Gasteiger partial charge < -0.3 is 9.47 Å². The lowest BCUT2D eigenvalue weighted by molar-refractivity contribution is -0.150. The summed E-state index contributed by atoms with van der Waals surface area (Å²) < 4.78 is 10.7. The van der Waals surface area contributed by atoms with Gasteiger partial charge in [0.1, 0.15) is 6.10 Å². The monoisotopic (exact) mass is 342 g/mol. The molecular formula is C20H38O4. The first-order valence-electron chi connectivity index (χ1n) is 9.92. The Balaban J connectivity index is 3.83. The van der Waals surface area contributed by atoms with Gasteiger partial charge in [-0.3, -0.25) is 9.59 Å². The Labute approximate surface area is 148 Å². The van der Waals surface area contributed by atoms with Gasteiger partial charge in [0.05, 0.1) is 6.61 Å². The minimum atomic E-state index is -0.209. The molecule has 0 aliphatic carbocycles. The average molecular weight is 343 g/mol. The van der Waals surface area contributed by atoms with Crippen LogP contribution < -0.4 is 0 Å². The molecule has 0 aliphatic rings. The normalized spacial score (nSPS) is 12.2. The van der Waals surface area contributed by atoms with Gasteiger partial charge >= 0.3 is 11.9 Å². The molecule has 0 heterocycles.